The first-order valence-electron chi connectivity index (χ1n) is 20.6. The standard InChI is InChI=1S/C54H26N4O2/c1-3-19-47-27(9-1)37-22-35-31-13-7-15-39-53(31)57(45(35)25-49(37)59-47)41-17-5-11-29-33-21-34-30-12-6-18-42-52(30)56(44(34)24-43(33)55(39)51(29)41)40-16-8-14-32-36-23-38-28-10-2-4-20-48(28)60-50(38)26-46(36)58(42)54(32)40/h1-26H. The molecule has 0 fully saturated rings. The van der Waals surface area contributed by atoms with Crippen LogP contribution in [0.15, 0.2) is 167 Å². The van der Waals surface area contributed by atoms with E-state index in [9.17, 15) is 0 Å². The van der Waals surface area contributed by atoms with E-state index in [0.29, 0.717) is 0 Å². The van der Waals surface area contributed by atoms with E-state index in [4.69, 9.17) is 8.83 Å². The molecule has 0 amide bonds. The Morgan fingerprint density at radius 1 is 0.217 bits per heavy atom. The highest BCUT2D eigenvalue weighted by atomic mass is 16.3. The Hall–Kier alpha value is -8.22. The van der Waals surface area contributed by atoms with Crippen molar-refractivity contribution in [1.82, 2.24) is 17.6 Å². The molecule has 0 N–H and O–H groups in total. The van der Waals surface area contributed by atoms with Crippen LogP contribution in [-0.4, -0.2) is 17.6 Å². The summed E-state index contributed by atoms with van der Waals surface area (Å²) in [5.74, 6) is 0. The maximum atomic E-state index is 6.46. The van der Waals surface area contributed by atoms with Crippen molar-refractivity contribution in [2.45, 2.75) is 0 Å². The predicted molar refractivity (Wildman–Crippen MR) is 247 cm³/mol. The lowest BCUT2D eigenvalue weighted by molar-refractivity contribution is 0.669. The van der Waals surface area contributed by atoms with Crippen LogP contribution in [0, 0.1) is 0 Å². The van der Waals surface area contributed by atoms with E-state index in [1.807, 2.05) is 12.1 Å². The first-order chi connectivity index (χ1) is 29.8. The van der Waals surface area contributed by atoms with Gasteiger partial charge in [0.05, 0.1) is 66.2 Å². The fraction of sp³-hybridized carbons (Fsp3) is 0. The zero-order valence-corrected chi connectivity index (χ0v) is 31.6. The van der Waals surface area contributed by atoms with Crippen LogP contribution in [0.4, 0.5) is 0 Å². The molecule has 0 unspecified atom stereocenters. The minimum atomic E-state index is 0.912. The molecule has 0 radical (unpaired) electrons. The van der Waals surface area contributed by atoms with Crippen molar-refractivity contribution in [2.75, 3.05) is 0 Å². The molecule has 8 heterocycles. The number of benzene rings is 9. The minimum absolute atomic E-state index is 0.912. The summed E-state index contributed by atoms with van der Waals surface area (Å²) in [5.41, 5.74) is 18.1. The predicted octanol–water partition coefficient (Wildman–Crippen LogP) is 14.6. The highest BCUT2D eigenvalue weighted by Gasteiger charge is 2.26. The third-order valence-corrected chi connectivity index (χ3v) is 14.1. The maximum absolute atomic E-state index is 6.46. The number of hydrogen-bond donors (Lipinski definition) is 0. The van der Waals surface area contributed by atoms with E-state index in [2.05, 4.69) is 163 Å². The molecule has 0 aliphatic rings. The third-order valence-electron chi connectivity index (χ3n) is 14.1. The van der Waals surface area contributed by atoms with E-state index in [1.165, 1.54) is 98.3 Å². The van der Waals surface area contributed by atoms with Gasteiger partial charge in [0.25, 0.3) is 0 Å². The van der Waals surface area contributed by atoms with Gasteiger partial charge in [-0.25, -0.2) is 0 Å². The molecular weight excluding hydrogens is 737 g/mol. The Balaban J connectivity index is 1.05. The average molecular weight is 763 g/mol. The maximum Gasteiger partial charge on any atom is 0.137 e. The van der Waals surface area contributed by atoms with Crippen LogP contribution >= 0.6 is 0 Å². The van der Waals surface area contributed by atoms with Crippen molar-refractivity contribution < 1.29 is 8.83 Å². The van der Waals surface area contributed by atoms with Gasteiger partial charge in [0, 0.05) is 76.8 Å². The normalized spacial score (nSPS) is 13.3. The Morgan fingerprint density at radius 3 is 0.917 bits per heavy atom. The Bertz CT molecular complexity index is 4530. The van der Waals surface area contributed by atoms with Crippen molar-refractivity contribution in [2.24, 2.45) is 0 Å². The molecule has 0 saturated heterocycles. The van der Waals surface area contributed by atoms with Gasteiger partial charge in [0.1, 0.15) is 22.3 Å². The van der Waals surface area contributed by atoms with E-state index in [-0.39, 0.29) is 0 Å². The highest BCUT2D eigenvalue weighted by molar-refractivity contribution is 6.28. The molecule has 6 nitrogen and oxygen atoms in total. The van der Waals surface area contributed by atoms with E-state index >= 15 is 0 Å². The molecule has 0 bridgehead atoms. The molecule has 0 aliphatic heterocycles. The molecular formula is C54H26N4O2. The van der Waals surface area contributed by atoms with Gasteiger partial charge in [-0.15, -0.1) is 0 Å². The Labute approximate surface area is 336 Å². The summed E-state index contributed by atoms with van der Waals surface area (Å²) in [7, 11) is 0. The van der Waals surface area contributed by atoms with E-state index in [0.717, 1.165) is 54.9 Å². The number of nitrogens with zero attached hydrogens (tertiary/aromatic N) is 4. The highest BCUT2D eigenvalue weighted by Crippen LogP contribution is 2.47. The molecule has 6 heteroatoms. The second-order valence-corrected chi connectivity index (χ2v) is 16.8. The molecule has 0 spiro atoms. The van der Waals surface area contributed by atoms with Crippen LogP contribution in [-0.2, 0) is 0 Å². The summed E-state index contributed by atoms with van der Waals surface area (Å²) in [6.45, 7) is 0. The van der Waals surface area contributed by atoms with Gasteiger partial charge in [-0.05, 0) is 60.7 Å². The van der Waals surface area contributed by atoms with Crippen molar-refractivity contribution in [1.29, 1.82) is 0 Å². The number of furan rings is 2. The molecule has 60 heavy (non-hydrogen) atoms. The van der Waals surface area contributed by atoms with Crippen molar-refractivity contribution in [3.05, 3.63) is 158 Å². The van der Waals surface area contributed by atoms with Gasteiger partial charge < -0.3 is 26.4 Å². The van der Waals surface area contributed by atoms with Gasteiger partial charge in [0.2, 0.25) is 0 Å². The lowest BCUT2D eigenvalue weighted by atomic mass is 10.1. The minimum Gasteiger partial charge on any atom is -0.456 e. The Morgan fingerprint density at radius 2 is 0.533 bits per heavy atom. The van der Waals surface area contributed by atoms with Crippen LogP contribution < -0.4 is 0 Å². The molecule has 0 aliphatic carbocycles. The summed E-state index contributed by atoms with van der Waals surface area (Å²) in [4.78, 5) is 0. The van der Waals surface area contributed by atoms with Gasteiger partial charge in [-0.3, -0.25) is 0 Å². The zero-order valence-electron chi connectivity index (χ0n) is 31.6. The lowest BCUT2D eigenvalue weighted by Gasteiger charge is -2.12. The monoisotopic (exact) mass is 762 g/mol. The van der Waals surface area contributed by atoms with Crippen LogP contribution in [0.2, 0.25) is 0 Å². The second-order valence-electron chi connectivity index (χ2n) is 16.8. The van der Waals surface area contributed by atoms with Crippen molar-refractivity contribution >= 4 is 153 Å². The van der Waals surface area contributed by atoms with Crippen LogP contribution in [0.3, 0.4) is 0 Å². The van der Waals surface area contributed by atoms with Crippen molar-refractivity contribution in [3.63, 3.8) is 0 Å². The summed E-state index contributed by atoms with van der Waals surface area (Å²) in [6.07, 6.45) is 0. The summed E-state index contributed by atoms with van der Waals surface area (Å²) in [5, 5.41) is 14.6. The summed E-state index contributed by atoms with van der Waals surface area (Å²) in [6, 6.07) is 58.1. The van der Waals surface area contributed by atoms with E-state index in [1.54, 1.807) is 0 Å². The van der Waals surface area contributed by atoms with E-state index < -0.39 is 0 Å². The first kappa shape index (κ1) is 29.1. The molecule has 17 rings (SSSR count). The fourth-order valence-corrected chi connectivity index (χ4v) is 11.8. The molecule has 0 atom stereocenters. The number of hydrogen-bond acceptors (Lipinski definition) is 2. The zero-order chi connectivity index (χ0) is 38.3. The topological polar surface area (TPSA) is 43.9 Å². The number of aromatic nitrogens is 4. The van der Waals surface area contributed by atoms with Gasteiger partial charge in [0.15, 0.2) is 0 Å². The number of para-hydroxylation sites is 6. The third kappa shape index (κ3) is 3.03. The van der Waals surface area contributed by atoms with Gasteiger partial charge in [-0.2, -0.15) is 0 Å². The second kappa shape index (κ2) is 9.39. The summed E-state index contributed by atoms with van der Waals surface area (Å²) >= 11 is 0. The smallest absolute Gasteiger partial charge is 0.137 e. The lowest BCUT2D eigenvalue weighted by Crippen LogP contribution is -1.97. The summed E-state index contributed by atoms with van der Waals surface area (Å²) < 4.78 is 23.0. The fourth-order valence-electron chi connectivity index (χ4n) is 11.8. The molecule has 0 saturated carbocycles. The number of rotatable bonds is 0. The molecule has 9 aromatic carbocycles. The van der Waals surface area contributed by atoms with Gasteiger partial charge >= 0.3 is 0 Å². The molecule has 17 aromatic rings. The van der Waals surface area contributed by atoms with Crippen LogP contribution in [0.1, 0.15) is 0 Å². The average Bonchev–Trinajstić information content (AvgIpc) is 4.13. The largest absolute Gasteiger partial charge is 0.456 e. The SMILES string of the molecule is c1ccc2c(c1)oc1cc3c(cc12)c1cccc2c1n3c1cccc3c4cc5c6cccc7c6n(c5cc4n2c31)c1cccc2c3cc4c(cc3n7c21)oc1ccccc14. The van der Waals surface area contributed by atoms with Gasteiger partial charge in [-0.1, -0.05) is 84.9 Å². The van der Waals surface area contributed by atoms with Crippen LogP contribution in [0.25, 0.3) is 153 Å². The number of fused-ring (bicyclic) bond motifs is 22. The van der Waals surface area contributed by atoms with Crippen LogP contribution in [0.5, 0.6) is 0 Å². The molecule has 274 valence electrons. The quantitative estimate of drug-likeness (QED) is 0.144. The molecule has 8 aromatic heterocycles. The Kier molecular flexibility index (Phi) is 4.55. The first-order valence-corrected chi connectivity index (χ1v) is 20.6. The van der Waals surface area contributed by atoms with Crippen molar-refractivity contribution in [3.8, 4) is 0 Å².